The number of nitrogen functional groups attached to an aromatic ring is 1. The van der Waals surface area contributed by atoms with Crippen molar-refractivity contribution in [2.24, 2.45) is 7.05 Å². The van der Waals surface area contributed by atoms with Crippen molar-refractivity contribution in [2.45, 2.75) is 13.0 Å². The van der Waals surface area contributed by atoms with Crippen molar-refractivity contribution < 1.29 is 13.2 Å². The minimum absolute atomic E-state index is 0.0513. The van der Waals surface area contributed by atoms with Crippen molar-refractivity contribution >= 4 is 17.0 Å². The van der Waals surface area contributed by atoms with E-state index in [9.17, 15) is 8.78 Å². The first kappa shape index (κ1) is 18.9. The van der Waals surface area contributed by atoms with Gasteiger partial charge in [-0.2, -0.15) is 8.78 Å². The van der Waals surface area contributed by atoms with Crippen molar-refractivity contribution in [3.05, 3.63) is 60.1 Å². The molecule has 11 heteroatoms. The maximum Gasteiger partial charge on any atom is 0.314 e. The van der Waals surface area contributed by atoms with Crippen LogP contribution < -0.4 is 5.73 Å². The van der Waals surface area contributed by atoms with Crippen LogP contribution in [0.2, 0.25) is 0 Å². The van der Waals surface area contributed by atoms with Crippen molar-refractivity contribution in [2.75, 3.05) is 5.73 Å². The Morgan fingerprint density at radius 2 is 1.81 bits per heavy atom. The summed E-state index contributed by atoms with van der Waals surface area (Å²) in [5.74, 6) is -0.193. The highest BCUT2D eigenvalue weighted by molar-refractivity contribution is 5.83. The Morgan fingerprint density at radius 1 is 1.03 bits per heavy atom. The highest BCUT2D eigenvalue weighted by Gasteiger charge is 2.17. The summed E-state index contributed by atoms with van der Waals surface area (Å²) < 4.78 is 33.7. The van der Waals surface area contributed by atoms with Crippen LogP contribution in [-0.2, 0) is 13.6 Å². The molecule has 0 unspecified atom stereocenters. The summed E-state index contributed by atoms with van der Waals surface area (Å²) in [4.78, 5) is 4.34. The molecule has 3 heterocycles. The van der Waals surface area contributed by atoms with Gasteiger partial charge in [-0.05, 0) is 29.8 Å². The number of anilines is 1. The number of hydrogen-bond donors (Lipinski definition) is 1. The second-order valence-electron chi connectivity index (χ2n) is 6.98. The zero-order valence-electron chi connectivity index (χ0n) is 16.3. The molecule has 0 atom stereocenters. The summed E-state index contributed by atoms with van der Waals surface area (Å²) in [7, 11) is 1.86. The van der Waals surface area contributed by atoms with E-state index in [1.165, 1.54) is 0 Å². The van der Waals surface area contributed by atoms with Gasteiger partial charge in [0.1, 0.15) is 5.69 Å². The topological polar surface area (TPSA) is 113 Å². The van der Waals surface area contributed by atoms with Crippen molar-refractivity contribution in [1.29, 1.82) is 0 Å². The van der Waals surface area contributed by atoms with Gasteiger partial charge >= 0.3 is 6.43 Å². The smallest absolute Gasteiger partial charge is 0.314 e. The highest BCUT2D eigenvalue weighted by Crippen LogP contribution is 2.25. The second-order valence-corrected chi connectivity index (χ2v) is 6.98. The average Bonchev–Trinajstić information content (AvgIpc) is 3.49. The quantitative estimate of drug-likeness (QED) is 0.461. The van der Waals surface area contributed by atoms with Crippen LogP contribution in [0.15, 0.2) is 53.1 Å². The van der Waals surface area contributed by atoms with Crippen LogP contribution in [0.1, 0.15) is 17.9 Å². The largest absolute Gasteiger partial charge is 0.415 e. The normalized spacial score (nSPS) is 11.6. The highest BCUT2D eigenvalue weighted by atomic mass is 19.3. The van der Waals surface area contributed by atoms with Crippen LogP contribution in [0, 0.1) is 0 Å². The number of imidazole rings is 1. The van der Waals surface area contributed by atoms with E-state index in [0.717, 1.165) is 22.2 Å². The van der Waals surface area contributed by atoms with E-state index in [-0.39, 0.29) is 5.89 Å². The zero-order valence-corrected chi connectivity index (χ0v) is 16.3. The molecule has 0 fully saturated rings. The van der Waals surface area contributed by atoms with Crippen molar-refractivity contribution in [1.82, 2.24) is 34.7 Å². The summed E-state index contributed by atoms with van der Waals surface area (Å²) in [5, 5.41) is 15.4. The summed E-state index contributed by atoms with van der Waals surface area (Å²) in [5.41, 5.74) is 10.7. The summed E-state index contributed by atoms with van der Waals surface area (Å²) in [6, 6.07) is 13.0. The number of halogens is 2. The van der Waals surface area contributed by atoms with Gasteiger partial charge in [-0.3, -0.25) is 0 Å². The molecule has 2 N–H and O–H groups in total. The number of nitrogens with two attached hydrogens (primary N) is 1. The Bertz CT molecular complexity index is 1370. The van der Waals surface area contributed by atoms with Crippen LogP contribution >= 0.6 is 0 Å². The molecule has 0 radical (unpaired) electrons. The van der Waals surface area contributed by atoms with Crippen LogP contribution in [0.4, 0.5) is 14.7 Å². The van der Waals surface area contributed by atoms with Crippen LogP contribution in [-0.4, -0.2) is 34.7 Å². The molecule has 5 rings (SSSR count). The first-order chi connectivity index (χ1) is 15.0. The zero-order chi connectivity index (χ0) is 21.5. The number of nitrogens with zero attached hydrogens (tertiary/aromatic N) is 7. The molecule has 5 aromatic rings. The average molecular weight is 422 g/mol. The first-order valence-corrected chi connectivity index (χ1v) is 9.31. The molecule has 0 aliphatic carbocycles. The summed E-state index contributed by atoms with van der Waals surface area (Å²) in [6.45, 7) is 0.484. The Labute approximate surface area is 174 Å². The molecule has 0 aliphatic rings. The molecule has 2 aromatic carbocycles. The fourth-order valence-electron chi connectivity index (χ4n) is 3.26. The standard InChI is InChI=1S/C20H16F2N8O/c1-29-16-7-6-13(8-14(16)24-20(29)23)15-10-30(28-25-15)9-11-2-4-12(5-3-11)18-26-27-19(31-18)17(21)22/h2-8,10,17H,9H2,1H3,(H2,23,24). The van der Waals surface area contributed by atoms with Gasteiger partial charge in [0.2, 0.25) is 11.8 Å². The molecule has 31 heavy (non-hydrogen) atoms. The van der Waals surface area contributed by atoms with Gasteiger partial charge in [0.25, 0.3) is 5.89 Å². The van der Waals surface area contributed by atoms with Gasteiger partial charge in [-0.15, -0.1) is 15.3 Å². The van der Waals surface area contributed by atoms with Crippen molar-refractivity contribution in [3.63, 3.8) is 0 Å². The maximum absolute atomic E-state index is 12.6. The molecule has 0 spiro atoms. The molecule has 3 aromatic heterocycles. The SMILES string of the molecule is Cn1c(N)nc2cc(-c3cn(Cc4ccc(-c5nnc(C(F)F)o5)cc4)nn3)ccc21. The van der Waals surface area contributed by atoms with Crippen LogP contribution in [0.5, 0.6) is 0 Å². The number of aryl methyl sites for hydroxylation is 1. The molecular formula is C20H16F2N8O. The minimum Gasteiger partial charge on any atom is -0.415 e. The molecule has 0 saturated heterocycles. The predicted molar refractivity (Wildman–Crippen MR) is 108 cm³/mol. The van der Waals surface area contributed by atoms with Crippen molar-refractivity contribution in [3.8, 4) is 22.7 Å². The lowest BCUT2D eigenvalue weighted by Crippen LogP contribution is -2.00. The third-order valence-corrected chi connectivity index (χ3v) is 4.92. The van der Waals surface area contributed by atoms with E-state index in [2.05, 4.69) is 25.5 Å². The fourth-order valence-corrected chi connectivity index (χ4v) is 3.26. The molecular weight excluding hydrogens is 406 g/mol. The third-order valence-electron chi connectivity index (χ3n) is 4.92. The fraction of sp³-hybridized carbons (Fsp3) is 0.150. The molecule has 156 valence electrons. The summed E-state index contributed by atoms with van der Waals surface area (Å²) >= 11 is 0. The third kappa shape index (κ3) is 3.50. The van der Waals surface area contributed by atoms with E-state index in [4.69, 9.17) is 10.2 Å². The van der Waals surface area contributed by atoms with E-state index >= 15 is 0 Å². The molecule has 9 nitrogen and oxygen atoms in total. The van der Waals surface area contributed by atoms with E-state index in [1.54, 1.807) is 16.8 Å². The van der Waals surface area contributed by atoms with Gasteiger partial charge in [0.15, 0.2) is 0 Å². The number of rotatable bonds is 5. The number of fused-ring (bicyclic) bond motifs is 1. The second kappa shape index (κ2) is 7.27. The number of alkyl halides is 2. The van der Waals surface area contributed by atoms with Gasteiger partial charge in [-0.1, -0.05) is 23.4 Å². The lowest BCUT2D eigenvalue weighted by Gasteiger charge is -2.02. The monoisotopic (exact) mass is 422 g/mol. The van der Waals surface area contributed by atoms with E-state index in [1.807, 2.05) is 48.1 Å². The molecule has 0 aliphatic heterocycles. The Balaban J connectivity index is 1.33. The number of aromatic nitrogens is 7. The summed E-state index contributed by atoms with van der Waals surface area (Å²) in [6.07, 6.45) is -0.952. The van der Waals surface area contributed by atoms with Gasteiger partial charge in [0.05, 0.1) is 23.8 Å². The molecule has 0 bridgehead atoms. The molecule has 0 saturated carbocycles. The van der Waals surface area contributed by atoms with Gasteiger partial charge in [-0.25, -0.2) is 9.67 Å². The van der Waals surface area contributed by atoms with Crippen LogP contribution in [0.25, 0.3) is 33.7 Å². The minimum atomic E-state index is -2.79. The Kier molecular flexibility index (Phi) is 4.42. The Morgan fingerprint density at radius 3 is 2.55 bits per heavy atom. The number of benzene rings is 2. The first-order valence-electron chi connectivity index (χ1n) is 9.31. The van der Waals surface area contributed by atoms with E-state index in [0.29, 0.717) is 23.8 Å². The lowest BCUT2D eigenvalue weighted by atomic mass is 10.1. The Hall–Kier alpha value is -4.15. The maximum atomic E-state index is 12.6. The van der Waals surface area contributed by atoms with E-state index < -0.39 is 12.3 Å². The number of hydrogen-bond acceptors (Lipinski definition) is 7. The van der Waals surface area contributed by atoms with Crippen LogP contribution in [0.3, 0.4) is 0 Å². The predicted octanol–water partition coefficient (Wildman–Crippen LogP) is 3.45. The molecule has 0 amide bonds. The lowest BCUT2D eigenvalue weighted by molar-refractivity contribution is 0.116. The van der Waals surface area contributed by atoms with Gasteiger partial charge < -0.3 is 14.7 Å². The van der Waals surface area contributed by atoms with Gasteiger partial charge in [0, 0.05) is 18.2 Å².